The molecule has 1 fully saturated rings. The van der Waals surface area contributed by atoms with Crippen molar-refractivity contribution in [1.29, 1.82) is 0 Å². The Morgan fingerprint density at radius 1 is 1.56 bits per heavy atom. The fourth-order valence-electron chi connectivity index (χ4n) is 2.19. The van der Waals surface area contributed by atoms with Gasteiger partial charge in [0.05, 0.1) is 24.1 Å². The number of aromatic nitrogens is 2. The van der Waals surface area contributed by atoms with Crippen LogP contribution in [0.4, 0.5) is 5.69 Å². The Labute approximate surface area is 115 Å². The lowest BCUT2D eigenvalue weighted by Crippen LogP contribution is -2.47. The van der Waals surface area contributed by atoms with Gasteiger partial charge in [0.2, 0.25) is 0 Å². The Morgan fingerprint density at radius 3 is 2.94 bits per heavy atom. The Morgan fingerprint density at radius 2 is 2.28 bits per heavy atom. The highest BCUT2D eigenvalue weighted by Gasteiger charge is 2.26. The molecule has 100 valence electrons. The lowest BCUT2D eigenvalue weighted by Gasteiger charge is -2.38. The molecule has 0 amide bonds. The highest BCUT2D eigenvalue weighted by atomic mass is 79.9. The second-order valence-electron chi connectivity index (χ2n) is 4.65. The average molecular weight is 316 g/mol. The lowest BCUT2D eigenvalue weighted by molar-refractivity contribution is -0.0173. The van der Waals surface area contributed by atoms with E-state index < -0.39 is 0 Å². The van der Waals surface area contributed by atoms with Crippen LogP contribution >= 0.6 is 15.9 Å². The van der Waals surface area contributed by atoms with E-state index in [1.807, 2.05) is 0 Å². The number of halogens is 1. The van der Waals surface area contributed by atoms with Gasteiger partial charge in [-0.3, -0.25) is 4.79 Å². The van der Waals surface area contributed by atoms with Crippen molar-refractivity contribution >= 4 is 21.6 Å². The molecule has 2 rings (SSSR count). The monoisotopic (exact) mass is 315 g/mol. The third kappa shape index (κ3) is 2.59. The second kappa shape index (κ2) is 5.40. The van der Waals surface area contributed by atoms with Crippen LogP contribution in [0.15, 0.2) is 15.5 Å². The molecule has 0 aromatic carbocycles. The Bertz CT molecular complexity index is 489. The normalized spacial score (nSPS) is 24.3. The number of aryl methyl sites for hydroxylation is 1. The molecule has 0 aliphatic carbocycles. The van der Waals surface area contributed by atoms with Crippen LogP contribution in [0.3, 0.4) is 0 Å². The summed E-state index contributed by atoms with van der Waals surface area (Å²) in [6.07, 6.45) is 3.08. The number of rotatable bonds is 2. The molecule has 6 heteroatoms. The van der Waals surface area contributed by atoms with E-state index in [0.29, 0.717) is 4.47 Å². The van der Waals surface area contributed by atoms with Gasteiger partial charge in [-0.1, -0.05) is 6.92 Å². The fraction of sp³-hybridized carbons (Fsp3) is 0.667. The van der Waals surface area contributed by atoms with Gasteiger partial charge in [-0.25, -0.2) is 4.68 Å². The summed E-state index contributed by atoms with van der Waals surface area (Å²) in [5.41, 5.74) is 0.742. The molecular formula is C12H18BrN3O2. The Kier molecular flexibility index (Phi) is 4.07. The molecule has 2 unspecified atom stereocenters. The van der Waals surface area contributed by atoms with Crippen LogP contribution in [0.1, 0.15) is 20.3 Å². The van der Waals surface area contributed by atoms with Crippen molar-refractivity contribution in [3.05, 3.63) is 21.0 Å². The van der Waals surface area contributed by atoms with Gasteiger partial charge in [-0.2, -0.15) is 5.10 Å². The molecule has 0 N–H and O–H groups in total. The van der Waals surface area contributed by atoms with Gasteiger partial charge in [-0.15, -0.1) is 0 Å². The van der Waals surface area contributed by atoms with E-state index in [9.17, 15) is 4.79 Å². The summed E-state index contributed by atoms with van der Waals surface area (Å²) in [6, 6.07) is 0. The molecule has 0 saturated carbocycles. The van der Waals surface area contributed by atoms with Crippen molar-refractivity contribution in [1.82, 2.24) is 9.78 Å². The first-order chi connectivity index (χ1) is 8.52. The number of morpholine rings is 1. The van der Waals surface area contributed by atoms with Crippen molar-refractivity contribution in [2.75, 3.05) is 18.0 Å². The maximum absolute atomic E-state index is 11.9. The summed E-state index contributed by atoms with van der Waals surface area (Å²) < 4.78 is 7.72. The fourth-order valence-corrected chi connectivity index (χ4v) is 2.80. The van der Waals surface area contributed by atoms with Crippen LogP contribution in [0, 0.1) is 0 Å². The maximum atomic E-state index is 11.9. The summed E-state index contributed by atoms with van der Waals surface area (Å²) in [5, 5.41) is 4.08. The van der Waals surface area contributed by atoms with Crippen molar-refractivity contribution in [3.63, 3.8) is 0 Å². The average Bonchev–Trinajstić information content (AvgIpc) is 2.35. The van der Waals surface area contributed by atoms with E-state index in [4.69, 9.17) is 4.74 Å². The number of hydrogen-bond acceptors (Lipinski definition) is 4. The molecule has 0 spiro atoms. The molecule has 2 atom stereocenters. The summed E-state index contributed by atoms with van der Waals surface area (Å²) >= 11 is 3.37. The number of anilines is 1. The van der Waals surface area contributed by atoms with Crippen molar-refractivity contribution in [2.45, 2.75) is 32.5 Å². The SMILES string of the molecule is CCC1CN(c2cnn(C)c(=O)c2Br)CC(C)O1. The molecule has 1 aromatic heterocycles. The zero-order chi connectivity index (χ0) is 13.3. The first kappa shape index (κ1) is 13.5. The largest absolute Gasteiger partial charge is 0.372 e. The molecule has 1 aliphatic heterocycles. The van der Waals surface area contributed by atoms with Gasteiger partial charge in [0.1, 0.15) is 4.47 Å². The molecule has 0 bridgehead atoms. The number of nitrogens with zero attached hydrogens (tertiary/aromatic N) is 3. The van der Waals surface area contributed by atoms with Gasteiger partial charge >= 0.3 is 0 Å². The molecule has 1 aliphatic rings. The van der Waals surface area contributed by atoms with Crippen LogP contribution in [0.2, 0.25) is 0 Å². The molecule has 1 saturated heterocycles. The molecule has 5 nitrogen and oxygen atoms in total. The molecular weight excluding hydrogens is 298 g/mol. The summed E-state index contributed by atoms with van der Waals surface area (Å²) in [7, 11) is 1.65. The molecule has 1 aromatic rings. The highest BCUT2D eigenvalue weighted by Crippen LogP contribution is 2.25. The van der Waals surface area contributed by atoms with Gasteiger partial charge < -0.3 is 9.64 Å². The predicted octanol–water partition coefficient (Wildman–Crippen LogP) is 1.55. The Hall–Kier alpha value is -0.880. The van der Waals surface area contributed by atoms with E-state index >= 15 is 0 Å². The van der Waals surface area contributed by atoms with E-state index in [1.54, 1.807) is 13.2 Å². The maximum Gasteiger partial charge on any atom is 0.282 e. The quantitative estimate of drug-likeness (QED) is 0.830. The predicted molar refractivity (Wildman–Crippen MR) is 74.0 cm³/mol. The highest BCUT2D eigenvalue weighted by molar-refractivity contribution is 9.10. The third-order valence-electron chi connectivity index (χ3n) is 3.18. The zero-order valence-corrected chi connectivity index (χ0v) is 12.5. The van der Waals surface area contributed by atoms with Crippen LogP contribution in [0.5, 0.6) is 0 Å². The van der Waals surface area contributed by atoms with Crippen molar-refractivity contribution in [2.24, 2.45) is 7.05 Å². The lowest BCUT2D eigenvalue weighted by atomic mass is 10.1. The molecule has 0 radical (unpaired) electrons. The minimum atomic E-state index is -0.111. The summed E-state index contributed by atoms with van der Waals surface area (Å²) in [5.74, 6) is 0. The van der Waals surface area contributed by atoms with E-state index in [2.05, 4.69) is 39.8 Å². The number of ether oxygens (including phenoxy) is 1. The smallest absolute Gasteiger partial charge is 0.282 e. The minimum absolute atomic E-state index is 0.111. The minimum Gasteiger partial charge on any atom is -0.372 e. The van der Waals surface area contributed by atoms with Crippen LogP contribution in [-0.4, -0.2) is 35.1 Å². The Balaban J connectivity index is 2.31. The third-order valence-corrected chi connectivity index (χ3v) is 3.93. The molecule has 18 heavy (non-hydrogen) atoms. The van der Waals surface area contributed by atoms with Gasteiger partial charge in [0, 0.05) is 20.1 Å². The summed E-state index contributed by atoms with van der Waals surface area (Å²) in [4.78, 5) is 14.0. The van der Waals surface area contributed by atoms with Crippen molar-refractivity contribution < 1.29 is 4.74 Å². The van der Waals surface area contributed by atoms with E-state index in [1.165, 1.54) is 4.68 Å². The molecule has 2 heterocycles. The second-order valence-corrected chi connectivity index (χ2v) is 5.45. The van der Waals surface area contributed by atoms with Gasteiger partial charge in [0.15, 0.2) is 0 Å². The topological polar surface area (TPSA) is 47.4 Å². The van der Waals surface area contributed by atoms with Crippen LogP contribution in [0.25, 0.3) is 0 Å². The van der Waals surface area contributed by atoms with E-state index in [0.717, 1.165) is 25.2 Å². The van der Waals surface area contributed by atoms with Gasteiger partial charge in [-0.05, 0) is 29.3 Å². The van der Waals surface area contributed by atoms with Crippen LogP contribution in [-0.2, 0) is 11.8 Å². The van der Waals surface area contributed by atoms with Crippen LogP contribution < -0.4 is 10.5 Å². The van der Waals surface area contributed by atoms with E-state index in [-0.39, 0.29) is 17.8 Å². The summed E-state index contributed by atoms with van der Waals surface area (Å²) in [6.45, 7) is 5.74. The first-order valence-corrected chi connectivity index (χ1v) is 6.94. The zero-order valence-electron chi connectivity index (χ0n) is 10.9. The number of hydrogen-bond donors (Lipinski definition) is 0. The van der Waals surface area contributed by atoms with Gasteiger partial charge in [0.25, 0.3) is 5.56 Å². The standard InChI is InChI=1S/C12H18BrN3O2/c1-4-9-7-16(6-8(2)18-9)10-5-14-15(3)12(17)11(10)13/h5,8-9H,4,6-7H2,1-3H3. The van der Waals surface area contributed by atoms with Crippen molar-refractivity contribution in [3.8, 4) is 0 Å². The first-order valence-electron chi connectivity index (χ1n) is 6.15.